The molecule has 6 heteroatoms. The normalized spacial score (nSPS) is 17.1. The fraction of sp³-hybridized carbons (Fsp3) is 0.619. The topological polar surface area (TPSA) is 67.9 Å². The highest BCUT2D eigenvalue weighted by Gasteiger charge is 2.33. The Bertz CT molecular complexity index is 635. The van der Waals surface area contributed by atoms with Crippen LogP contribution in [0.4, 0.5) is 4.79 Å². The molecule has 1 aromatic carbocycles. The van der Waals surface area contributed by atoms with E-state index in [0.717, 1.165) is 5.75 Å². The van der Waals surface area contributed by atoms with Crippen LogP contribution in [0.2, 0.25) is 0 Å². The Morgan fingerprint density at radius 1 is 1.22 bits per heavy atom. The van der Waals surface area contributed by atoms with E-state index in [1.165, 1.54) is 5.56 Å². The molecule has 27 heavy (non-hydrogen) atoms. The van der Waals surface area contributed by atoms with Crippen LogP contribution in [0, 0.1) is 5.92 Å². The molecule has 1 aliphatic rings. The number of carbonyl (C=O) groups excluding carboxylic acids is 2. The molecule has 1 unspecified atom stereocenters. The van der Waals surface area contributed by atoms with Crippen molar-refractivity contribution >= 4 is 12.0 Å². The fourth-order valence-corrected chi connectivity index (χ4v) is 2.90. The van der Waals surface area contributed by atoms with E-state index < -0.39 is 5.60 Å². The molecular formula is C21H32N2O4. The Hall–Kier alpha value is -2.24. The molecular weight excluding hydrogens is 344 g/mol. The van der Waals surface area contributed by atoms with Crippen molar-refractivity contribution in [2.24, 2.45) is 5.92 Å². The molecule has 0 radical (unpaired) electrons. The predicted molar refractivity (Wildman–Crippen MR) is 105 cm³/mol. The Balaban J connectivity index is 1.68. The van der Waals surface area contributed by atoms with Crippen molar-refractivity contribution in [1.82, 2.24) is 10.2 Å². The third-order valence-electron chi connectivity index (χ3n) is 4.43. The first-order valence-corrected chi connectivity index (χ1v) is 9.64. The zero-order valence-corrected chi connectivity index (χ0v) is 17.1. The summed E-state index contributed by atoms with van der Waals surface area (Å²) in [7, 11) is 0. The first kappa shape index (κ1) is 21.1. The maximum atomic E-state index is 12.3. The summed E-state index contributed by atoms with van der Waals surface area (Å²) < 4.78 is 11.0. The number of hydrogen-bond acceptors (Lipinski definition) is 4. The van der Waals surface area contributed by atoms with Gasteiger partial charge in [-0.2, -0.15) is 0 Å². The monoisotopic (exact) mass is 376 g/mol. The summed E-state index contributed by atoms with van der Waals surface area (Å²) in [5, 5.41) is 2.89. The number of ether oxygens (including phenoxy) is 2. The average Bonchev–Trinajstić information content (AvgIpc) is 3.08. The highest BCUT2D eigenvalue weighted by atomic mass is 16.6. The van der Waals surface area contributed by atoms with Gasteiger partial charge in [-0.3, -0.25) is 4.79 Å². The zero-order chi connectivity index (χ0) is 20.0. The number of likely N-dealkylation sites (tertiary alicyclic amines) is 1. The molecule has 1 saturated heterocycles. The number of benzene rings is 1. The smallest absolute Gasteiger partial charge is 0.410 e. The quantitative estimate of drug-likeness (QED) is 0.771. The summed E-state index contributed by atoms with van der Waals surface area (Å²) >= 11 is 0. The molecule has 2 rings (SSSR count). The Kier molecular flexibility index (Phi) is 7.11. The third-order valence-corrected chi connectivity index (χ3v) is 4.43. The molecule has 1 aliphatic heterocycles. The third kappa shape index (κ3) is 6.77. The van der Waals surface area contributed by atoms with Crippen molar-refractivity contribution in [3.05, 3.63) is 29.8 Å². The van der Waals surface area contributed by atoms with Crippen LogP contribution in [0.15, 0.2) is 24.3 Å². The largest absolute Gasteiger partial charge is 0.492 e. The van der Waals surface area contributed by atoms with Crippen molar-refractivity contribution in [2.75, 3.05) is 26.2 Å². The van der Waals surface area contributed by atoms with E-state index >= 15 is 0 Å². The van der Waals surface area contributed by atoms with Gasteiger partial charge in [0.2, 0.25) is 5.91 Å². The summed E-state index contributed by atoms with van der Waals surface area (Å²) in [6, 6.07) is 8.02. The molecule has 1 fully saturated rings. The molecule has 0 saturated carbocycles. The van der Waals surface area contributed by atoms with Crippen LogP contribution >= 0.6 is 0 Å². The lowest BCUT2D eigenvalue weighted by molar-refractivity contribution is -0.124. The molecule has 0 aromatic heterocycles. The number of nitrogens with zero attached hydrogens (tertiary/aromatic N) is 1. The van der Waals surface area contributed by atoms with E-state index in [4.69, 9.17) is 9.47 Å². The first-order valence-electron chi connectivity index (χ1n) is 9.64. The van der Waals surface area contributed by atoms with Crippen LogP contribution in [0.3, 0.4) is 0 Å². The molecule has 1 N–H and O–H groups in total. The maximum Gasteiger partial charge on any atom is 0.410 e. The average molecular weight is 376 g/mol. The van der Waals surface area contributed by atoms with Crippen molar-refractivity contribution in [2.45, 2.75) is 52.6 Å². The van der Waals surface area contributed by atoms with Gasteiger partial charge in [0.25, 0.3) is 0 Å². The summed E-state index contributed by atoms with van der Waals surface area (Å²) in [4.78, 5) is 25.9. The SMILES string of the molecule is CC(C)c1ccc(OCCNC(=O)C2CCN(C(=O)OC(C)(C)C)C2)cc1. The van der Waals surface area contributed by atoms with Crippen LogP contribution in [-0.4, -0.2) is 48.7 Å². The van der Waals surface area contributed by atoms with Crippen LogP contribution in [0.5, 0.6) is 5.75 Å². The molecule has 0 aliphatic carbocycles. The van der Waals surface area contributed by atoms with Gasteiger partial charge < -0.3 is 19.7 Å². The van der Waals surface area contributed by atoms with Gasteiger partial charge in [0.15, 0.2) is 0 Å². The molecule has 0 bridgehead atoms. The van der Waals surface area contributed by atoms with Crippen molar-refractivity contribution in [1.29, 1.82) is 0 Å². The lowest BCUT2D eigenvalue weighted by atomic mass is 10.0. The van der Waals surface area contributed by atoms with E-state index in [1.807, 2.05) is 32.9 Å². The standard InChI is InChI=1S/C21H32N2O4/c1-15(2)16-6-8-18(9-7-16)26-13-11-22-19(24)17-10-12-23(14-17)20(25)27-21(3,4)5/h6-9,15,17H,10-14H2,1-5H3,(H,22,24). The fourth-order valence-electron chi connectivity index (χ4n) is 2.90. The van der Waals surface area contributed by atoms with Gasteiger partial charge in [0.1, 0.15) is 18.0 Å². The van der Waals surface area contributed by atoms with Gasteiger partial charge in [-0.25, -0.2) is 4.79 Å². The molecule has 1 atom stereocenters. The van der Waals surface area contributed by atoms with Gasteiger partial charge >= 0.3 is 6.09 Å². The predicted octanol–water partition coefficient (Wildman–Crippen LogP) is 3.56. The first-order chi connectivity index (χ1) is 12.7. The molecule has 1 aromatic rings. The second-order valence-corrected chi connectivity index (χ2v) is 8.28. The number of nitrogens with one attached hydrogen (secondary N) is 1. The summed E-state index contributed by atoms with van der Waals surface area (Å²) in [6.07, 6.45) is 0.300. The summed E-state index contributed by atoms with van der Waals surface area (Å²) in [5.74, 6) is 1.05. The molecule has 150 valence electrons. The minimum atomic E-state index is -0.526. The molecule has 6 nitrogen and oxygen atoms in total. The van der Waals surface area contributed by atoms with Crippen molar-refractivity contribution in [3.8, 4) is 5.75 Å². The minimum absolute atomic E-state index is 0.0418. The molecule has 0 spiro atoms. The van der Waals surface area contributed by atoms with Crippen molar-refractivity contribution in [3.63, 3.8) is 0 Å². The van der Waals surface area contributed by atoms with Gasteiger partial charge in [-0.1, -0.05) is 26.0 Å². The Morgan fingerprint density at radius 2 is 1.89 bits per heavy atom. The van der Waals surface area contributed by atoms with E-state index in [0.29, 0.717) is 38.6 Å². The van der Waals surface area contributed by atoms with Crippen LogP contribution < -0.4 is 10.1 Å². The zero-order valence-electron chi connectivity index (χ0n) is 17.1. The second kappa shape index (κ2) is 9.11. The highest BCUT2D eigenvalue weighted by molar-refractivity contribution is 5.80. The van der Waals surface area contributed by atoms with Gasteiger partial charge in [0, 0.05) is 13.1 Å². The van der Waals surface area contributed by atoms with E-state index in [9.17, 15) is 9.59 Å². The Morgan fingerprint density at radius 3 is 2.48 bits per heavy atom. The number of hydrogen-bond donors (Lipinski definition) is 1. The van der Waals surface area contributed by atoms with Gasteiger partial charge in [-0.05, 0) is 50.8 Å². The summed E-state index contributed by atoms with van der Waals surface area (Å²) in [5.41, 5.74) is 0.744. The lowest BCUT2D eigenvalue weighted by Gasteiger charge is -2.24. The highest BCUT2D eigenvalue weighted by Crippen LogP contribution is 2.20. The van der Waals surface area contributed by atoms with E-state index in [2.05, 4.69) is 31.3 Å². The van der Waals surface area contributed by atoms with Crippen molar-refractivity contribution < 1.29 is 19.1 Å². The minimum Gasteiger partial charge on any atom is -0.492 e. The van der Waals surface area contributed by atoms with Gasteiger partial charge in [-0.15, -0.1) is 0 Å². The number of amides is 2. The summed E-state index contributed by atoms with van der Waals surface area (Å²) in [6.45, 7) is 11.6. The van der Waals surface area contributed by atoms with E-state index in [-0.39, 0.29) is 17.9 Å². The van der Waals surface area contributed by atoms with Crippen LogP contribution in [0.1, 0.15) is 52.5 Å². The van der Waals surface area contributed by atoms with Crippen LogP contribution in [0.25, 0.3) is 0 Å². The lowest BCUT2D eigenvalue weighted by Crippen LogP contribution is -2.38. The number of carbonyl (C=O) groups is 2. The van der Waals surface area contributed by atoms with Crippen LogP contribution in [-0.2, 0) is 9.53 Å². The maximum absolute atomic E-state index is 12.3. The number of rotatable bonds is 6. The molecule has 1 heterocycles. The molecule has 2 amide bonds. The Labute approximate surface area is 162 Å². The van der Waals surface area contributed by atoms with E-state index in [1.54, 1.807) is 4.90 Å². The van der Waals surface area contributed by atoms with Gasteiger partial charge in [0.05, 0.1) is 12.5 Å². The second-order valence-electron chi connectivity index (χ2n) is 8.28.